The van der Waals surface area contributed by atoms with E-state index in [9.17, 15) is 9.90 Å². The number of hydrogen-bond acceptors (Lipinski definition) is 7. The molecule has 1 aromatic carbocycles. The highest BCUT2D eigenvalue weighted by Crippen LogP contribution is 2.39. The molecule has 1 saturated heterocycles. The van der Waals surface area contributed by atoms with E-state index in [1.807, 2.05) is 0 Å². The molecule has 0 bridgehead atoms. The van der Waals surface area contributed by atoms with E-state index in [-0.39, 0.29) is 23.2 Å². The van der Waals surface area contributed by atoms with E-state index in [1.54, 1.807) is 12.5 Å². The molecule has 216 valence electrons. The van der Waals surface area contributed by atoms with Gasteiger partial charge in [0.05, 0.1) is 29.4 Å². The Kier molecular flexibility index (Phi) is 7.92. The van der Waals surface area contributed by atoms with E-state index in [0.29, 0.717) is 24.5 Å². The first kappa shape index (κ1) is 28.0. The molecule has 7 nitrogen and oxygen atoms in total. The largest absolute Gasteiger partial charge is 0.393 e. The van der Waals surface area contributed by atoms with Gasteiger partial charge in [-0.3, -0.25) is 9.78 Å². The molecule has 7 heteroatoms. The van der Waals surface area contributed by atoms with Gasteiger partial charge in [-0.2, -0.15) is 0 Å². The highest BCUT2D eigenvalue weighted by atomic mass is 16.5. The predicted molar refractivity (Wildman–Crippen MR) is 161 cm³/mol. The van der Waals surface area contributed by atoms with Gasteiger partial charge in [0.25, 0.3) is 0 Å². The van der Waals surface area contributed by atoms with Crippen molar-refractivity contribution in [1.82, 2.24) is 15.0 Å². The highest BCUT2D eigenvalue weighted by molar-refractivity contribution is 6.41. The summed E-state index contributed by atoms with van der Waals surface area (Å²) in [6, 6.07) is 10.6. The summed E-state index contributed by atoms with van der Waals surface area (Å²) < 4.78 is 5.01. The van der Waals surface area contributed by atoms with Crippen molar-refractivity contribution in [3.63, 3.8) is 0 Å². The van der Waals surface area contributed by atoms with Crippen molar-refractivity contribution < 1.29 is 14.4 Å². The molecule has 3 aliphatic rings. The van der Waals surface area contributed by atoms with Crippen LogP contribution in [0.15, 0.2) is 52.3 Å². The van der Waals surface area contributed by atoms with Crippen LogP contribution in [0.4, 0.5) is 5.69 Å². The molecular formula is C34H42N4O3. The fourth-order valence-electron chi connectivity index (χ4n) is 6.67. The lowest BCUT2D eigenvalue weighted by Gasteiger charge is -2.34. The Morgan fingerprint density at radius 3 is 2.59 bits per heavy atom. The lowest BCUT2D eigenvalue weighted by molar-refractivity contribution is -0.113. The van der Waals surface area contributed by atoms with Crippen molar-refractivity contribution in [3.8, 4) is 11.1 Å². The van der Waals surface area contributed by atoms with Gasteiger partial charge >= 0.3 is 0 Å². The lowest BCUT2D eigenvalue weighted by Crippen LogP contribution is -2.37. The zero-order valence-electron chi connectivity index (χ0n) is 24.6. The summed E-state index contributed by atoms with van der Waals surface area (Å²) in [6.45, 7) is 9.70. The van der Waals surface area contributed by atoms with Gasteiger partial charge in [-0.25, -0.2) is 4.99 Å². The number of fused-ring (bicyclic) bond motifs is 2. The molecule has 0 radical (unpaired) electrons. The molecule has 3 aromatic rings. The summed E-state index contributed by atoms with van der Waals surface area (Å²) in [5.41, 5.74) is 8.43. The van der Waals surface area contributed by atoms with Crippen LogP contribution in [0.2, 0.25) is 0 Å². The standard InChI is InChI=1S/C34H42N4O3/c1-34(2,3)27-8-9-29-25(16-27)17-30-31(36-29)19-32(37-30)33(40)18-24(10-13-38-14-11-28(39)12-15-38)22-4-6-23(7-5-22)26-20-35-41-21-26/h4-7,17,20-21,24,27-28,39H,8-16,18-19H2,1-3H3/t24-,27-/m0/s1. The Morgan fingerprint density at radius 2 is 1.88 bits per heavy atom. The van der Waals surface area contributed by atoms with Gasteiger partial charge in [-0.15, -0.1) is 0 Å². The minimum atomic E-state index is -0.186. The first-order valence-corrected chi connectivity index (χ1v) is 15.3. The van der Waals surface area contributed by atoms with Crippen LogP contribution in [-0.2, 0) is 24.1 Å². The second kappa shape index (κ2) is 11.6. The first-order chi connectivity index (χ1) is 19.7. The number of aryl methyl sites for hydroxylation is 1. The second-order valence-corrected chi connectivity index (χ2v) is 13.3. The SMILES string of the molecule is CC(C)(C)[C@H]1CCc2nc3c(cc2C1)N=C(C(=O)C[C@H](CCN1CCC(O)CC1)c1ccc(-c2cnoc2)cc1)C3. The minimum absolute atomic E-state index is 0.0889. The first-order valence-electron chi connectivity index (χ1n) is 15.3. The molecule has 1 aliphatic carbocycles. The number of rotatable bonds is 8. The number of benzene rings is 1. The molecule has 2 aliphatic heterocycles. The molecule has 2 atom stereocenters. The van der Waals surface area contributed by atoms with Crippen molar-refractivity contribution in [2.75, 3.05) is 19.6 Å². The summed E-state index contributed by atoms with van der Waals surface area (Å²) in [7, 11) is 0. The number of hydrogen-bond donors (Lipinski definition) is 1. The van der Waals surface area contributed by atoms with E-state index >= 15 is 0 Å². The molecular weight excluding hydrogens is 512 g/mol. The molecule has 6 rings (SSSR count). The van der Waals surface area contributed by atoms with Gasteiger partial charge in [0.1, 0.15) is 6.26 Å². The average molecular weight is 555 g/mol. The van der Waals surface area contributed by atoms with Gasteiger partial charge in [0.15, 0.2) is 5.78 Å². The quantitative estimate of drug-likeness (QED) is 0.361. The molecule has 0 amide bonds. The number of piperidine rings is 1. The van der Waals surface area contributed by atoms with Crippen molar-refractivity contribution >= 4 is 17.2 Å². The van der Waals surface area contributed by atoms with E-state index in [1.165, 1.54) is 17.7 Å². The van der Waals surface area contributed by atoms with Crippen LogP contribution in [0, 0.1) is 11.3 Å². The van der Waals surface area contributed by atoms with Gasteiger partial charge in [0.2, 0.25) is 0 Å². The predicted octanol–water partition coefficient (Wildman–Crippen LogP) is 6.11. The maximum Gasteiger partial charge on any atom is 0.178 e. The van der Waals surface area contributed by atoms with Crippen molar-refractivity contribution in [2.24, 2.45) is 16.3 Å². The zero-order valence-corrected chi connectivity index (χ0v) is 24.6. The van der Waals surface area contributed by atoms with Crippen LogP contribution in [0.3, 0.4) is 0 Å². The number of Topliss-reactive ketones (excluding diaryl/α,β-unsaturated/α-hetero) is 1. The van der Waals surface area contributed by atoms with E-state index in [0.717, 1.165) is 79.8 Å². The van der Waals surface area contributed by atoms with Crippen LogP contribution in [0.5, 0.6) is 0 Å². The smallest absolute Gasteiger partial charge is 0.178 e. The molecule has 4 heterocycles. The van der Waals surface area contributed by atoms with E-state index in [4.69, 9.17) is 14.5 Å². The van der Waals surface area contributed by atoms with Crippen LogP contribution < -0.4 is 0 Å². The van der Waals surface area contributed by atoms with E-state index in [2.05, 4.69) is 61.2 Å². The summed E-state index contributed by atoms with van der Waals surface area (Å²) >= 11 is 0. The summed E-state index contributed by atoms with van der Waals surface area (Å²) in [5.74, 6) is 0.850. The second-order valence-electron chi connectivity index (χ2n) is 13.3. The van der Waals surface area contributed by atoms with Crippen LogP contribution in [0.25, 0.3) is 11.1 Å². The number of aliphatic imine (C=N–C) groups is 1. The Morgan fingerprint density at radius 1 is 1.10 bits per heavy atom. The number of ketones is 1. The zero-order chi connectivity index (χ0) is 28.6. The van der Waals surface area contributed by atoms with Gasteiger partial charge < -0.3 is 14.5 Å². The normalized spacial score (nSPS) is 20.4. The Labute approximate surface area is 243 Å². The number of pyridine rings is 1. The van der Waals surface area contributed by atoms with Crippen molar-refractivity contribution in [1.29, 1.82) is 0 Å². The number of aliphatic hydroxyl groups excluding tert-OH is 1. The number of nitrogens with zero attached hydrogens (tertiary/aromatic N) is 4. The molecule has 0 unspecified atom stereocenters. The topological polar surface area (TPSA) is 91.8 Å². The van der Waals surface area contributed by atoms with Crippen molar-refractivity contribution in [2.45, 2.75) is 84.2 Å². The highest BCUT2D eigenvalue weighted by Gasteiger charge is 2.32. The number of carbonyl (C=O) groups excluding carboxylic acids is 1. The van der Waals surface area contributed by atoms with Crippen LogP contribution in [0.1, 0.15) is 81.3 Å². The van der Waals surface area contributed by atoms with Crippen LogP contribution >= 0.6 is 0 Å². The summed E-state index contributed by atoms with van der Waals surface area (Å²) in [5, 5.41) is 13.7. The van der Waals surface area contributed by atoms with Crippen LogP contribution in [-0.4, -0.2) is 57.4 Å². The molecule has 0 spiro atoms. The van der Waals surface area contributed by atoms with Gasteiger partial charge in [0, 0.05) is 37.2 Å². The Balaban J connectivity index is 1.17. The summed E-state index contributed by atoms with van der Waals surface area (Å²) in [6.07, 6.45) is 9.88. The molecule has 41 heavy (non-hydrogen) atoms. The fourth-order valence-corrected chi connectivity index (χ4v) is 6.67. The monoisotopic (exact) mass is 554 g/mol. The Hall–Kier alpha value is -3.16. The molecule has 1 N–H and O–H groups in total. The average Bonchev–Trinajstić information content (AvgIpc) is 3.64. The molecule has 0 saturated carbocycles. The number of likely N-dealkylation sites (tertiary alicyclic amines) is 1. The lowest BCUT2D eigenvalue weighted by atomic mass is 9.71. The van der Waals surface area contributed by atoms with Gasteiger partial charge in [-0.1, -0.05) is 50.2 Å². The third kappa shape index (κ3) is 6.36. The number of aromatic nitrogens is 2. The maximum atomic E-state index is 13.7. The minimum Gasteiger partial charge on any atom is -0.393 e. The molecule has 1 fully saturated rings. The van der Waals surface area contributed by atoms with E-state index < -0.39 is 0 Å². The number of carbonyl (C=O) groups is 1. The summed E-state index contributed by atoms with van der Waals surface area (Å²) in [4.78, 5) is 26.0. The number of aliphatic hydroxyl groups is 1. The Bertz CT molecular complexity index is 1400. The third-order valence-electron chi connectivity index (χ3n) is 9.51. The maximum absolute atomic E-state index is 13.7. The third-order valence-corrected chi connectivity index (χ3v) is 9.51. The molecule has 2 aromatic heterocycles. The van der Waals surface area contributed by atoms with Crippen molar-refractivity contribution in [3.05, 3.63) is 65.3 Å². The van der Waals surface area contributed by atoms with Gasteiger partial charge in [-0.05, 0) is 85.1 Å². The fraction of sp³-hybridized carbons (Fsp3) is 0.529.